The Kier molecular flexibility index (Phi) is 10.4. The molecule has 2 N–H and O–H groups in total. The van der Waals surface area contributed by atoms with Crippen LogP contribution in [0.4, 0.5) is 40.8 Å². The van der Waals surface area contributed by atoms with E-state index in [0.717, 1.165) is 5.56 Å². The highest BCUT2D eigenvalue weighted by Crippen LogP contribution is 2.43. The number of nitrogens with two attached hydrogens (primary N) is 1. The smallest absolute Gasteiger partial charge is 0.374 e. The lowest BCUT2D eigenvalue weighted by atomic mass is 9.96. The Morgan fingerprint density at radius 3 is 2.14 bits per heavy atom. The van der Waals surface area contributed by atoms with Crippen molar-refractivity contribution in [2.24, 2.45) is 5.73 Å². The van der Waals surface area contributed by atoms with E-state index < -0.39 is 53.8 Å². The first-order valence-electron chi connectivity index (χ1n) is 14.3. The van der Waals surface area contributed by atoms with Gasteiger partial charge in [0.15, 0.2) is 0 Å². The molecule has 262 valence electrons. The zero-order valence-corrected chi connectivity index (χ0v) is 26.7. The number of anilines is 1. The van der Waals surface area contributed by atoms with E-state index in [1.807, 2.05) is 30.3 Å². The van der Waals surface area contributed by atoms with Crippen molar-refractivity contribution in [1.82, 2.24) is 14.8 Å². The third-order valence-corrected chi connectivity index (χ3v) is 7.58. The van der Waals surface area contributed by atoms with E-state index in [0.29, 0.717) is 0 Å². The Bertz CT molecular complexity index is 1840. The third kappa shape index (κ3) is 8.02. The van der Waals surface area contributed by atoms with Crippen LogP contribution in [0.5, 0.6) is 0 Å². The molecule has 17 heteroatoms. The van der Waals surface area contributed by atoms with Crippen LogP contribution < -0.4 is 10.6 Å². The van der Waals surface area contributed by atoms with Crippen molar-refractivity contribution in [2.45, 2.75) is 57.7 Å². The summed E-state index contributed by atoms with van der Waals surface area (Å²) in [6, 6.07) is 17.1. The first kappa shape index (κ1) is 37.3. The number of halogens is 9. The second-order valence-electron chi connectivity index (χ2n) is 11.6. The first-order valence-corrected chi connectivity index (χ1v) is 14.6. The highest BCUT2D eigenvalue weighted by molar-refractivity contribution is 6.35. The van der Waals surface area contributed by atoms with Gasteiger partial charge in [0.05, 0.1) is 41.4 Å². The van der Waals surface area contributed by atoms with Gasteiger partial charge in [-0.05, 0) is 55.7 Å². The molecule has 8 nitrogen and oxygen atoms in total. The van der Waals surface area contributed by atoms with Gasteiger partial charge in [-0.3, -0.25) is 9.59 Å². The van der Waals surface area contributed by atoms with Crippen molar-refractivity contribution in [1.29, 1.82) is 0 Å². The Hall–Kier alpha value is -4.57. The zero-order chi connectivity index (χ0) is 36.5. The quantitative estimate of drug-likeness (QED) is 0.160. The molecule has 0 saturated carbocycles. The van der Waals surface area contributed by atoms with Crippen LogP contribution in [0.2, 0.25) is 5.02 Å². The molecule has 3 aromatic carbocycles. The van der Waals surface area contributed by atoms with E-state index in [1.54, 1.807) is 13.8 Å². The molecule has 49 heavy (non-hydrogen) atoms. The van der Waals surface area contributed by atoms with Gasteiger partial charge < -0.3 is 15.4 Å². The largest absolute Gasteiger partial charge is 0.461 e. The number of ether oxygens (including phenoxy) is 1. The molecule has 0 aliphatic rings. The number of nitrogens with zero attached hydrogens (tertiary/aromatic N) is 4. The Labute approximate surface area is 279 Å². The normalized spacial score (nSPS) is 12.7. The van der Waals surface area contributed by atoms with Crippen molar-refractivity contribution in [3.05, 3.63) is 111 Å². The molecule has 0 aliphatic carbocycles. The molecule has 0 radical (unpaired) electrons. The Morgan fingerprint density at radius 1 is 0.918 bits per heavy atom. The highest BCUT2D eigenvalue weighted by Gasteiger charge is 2.62. The molecular formula is C32H28ClF8N5O3. The van der Waals surface area contributed by atoms with Gasteiger partial charge in [0.25, 0.3) is 5.91 Å². The number of aryl methyl sites for hydroxylation is 1. The van der Waals surface area contributed by atoms with Gasteiger partial charge in [0.1, 0.15) is 0 Å². The van der Waals surface area contributed by atoms with Crippen LogP contribution >= 0.6 is 11.6 Å². The lowest BCUT2D eigenvalue weighted by Gasteiger charge is -2.40. The highest BCUT2D eigenvalue weighted by atomic mass is 35.5. The summed E-state index contributed by atoms with van der Waals surface area (Å²) in [6.07, 6.45) is -11.7. The van der Waals surface area contributed by atoms with Gasteiger partial charge in [0.2, 0.25) is 17.6 Å². The second kappa shape index (κ2) is 13.7. The summed E-state index contributed by atoms with van der Waals surface area (Å²) < 4.78 is 113. The van der Waals surface area contributed by atoms with Crippen molar-refractivity contribution in [2.75, 3.05) is 11.5 Å². The summed E-state index contributed by atoms with van der Waals surface area (Å²) in [6.45, 7) is 3.96. The average Bonchev–Trinajstić information content (AvgIpc) is 3.43. The summed E-state index contributed by atoms with van der Waals surface area (Å²) in [7, 11) is 0. The molecule has 0 aliphatic heterocycles. The number of carbonyl (C=O) groups excluding carboxylic acids is 2. The maximum absolute atomic E-state index is 14.3. The van der Waals surface area contributed by atoms with E-state index in [1.165, 1.54) is 48.2 Å². The monoisotopic (exact) mass is 717 g/mol. The second-order valence-corrected chi connectivity index (χ2v) is 12.0. The zero-order valence-electron chi connectivity index (χ0n) is 26.0. The summed E-state index contributed by atoms with van der Waals surface area (Å²) in [5.41, 5.74) is 5.18. The van der Waals surface area contributed by atoms with Crippen molar-refractivity contribution < 1.29 is 49.4 Å². The van der Waals surface area contributed by atoms with Crippen LogP contribution in [0.3, 0.4) is 0 Å². The van der Waals surface area contributed by atoms with Crippen LogP contribution in [0, 0.1) is 6.92 Å². The fourth-order valence-corrected chi connectivity index (χ4v) is 5.24. The van der Waals surface area contributed by atoms with E-state index in [9.17, 15) is 44.7 Å². The molecule has 0 unspecified atom stereocenters. The fourth-order valence-electron chi connectivity index (χ4n) is 4.99. The SMILES string of the molecule is Cc1cc(Cn2nc(C(F)(F)C(F)(F)F)nc2C(F)(F)F)ccc1N(C(=O)c1c(Cl)cccc1C(N)=O)C(C)(C)COCc1ccccc1. The van der Waals surface area contributed by atoms with Gasteiger partial charge in [-0.25, -0.2) is 9.67 Å². The summed E-state index contributed by atoms with van der Waals surface area (Å²) >= 11 is 6.39. The van der Waals surface area contributed by atoms with E-state index in [2.05, 4.69) is 10.1 Å². The lowest BCUT2D eigenvalue weighted by molar-refractivity contribution is -0.292. The Balaban J connectivity index is 1.77. The molecule has 4 aromatic rings. The minimum Gasteiger partial charge on any atom is -0.374 e. The van der Waals surface area contributed by atoms with E-state index >= 15 is 0 Å². The molecule has 0 spiro atoms. The summed E-state index contributed by atoms with van der Waals surface area (Å²) in [5, 5.41) is 2.78. The molecule has 2 amide bonds. The molecule has 1 aromatic heterocycles. The van der Waals surface area contributed by atoms with Crippen LogP contribution in [0.15, 0.2) is 66.7 Å². The maximum atomic E-state index is 14.3. The number of benzene rings is 3. The van der Waals surface area contributed by atoms with Crippen molar-refractivity contribution >= 4 is 29.1 Å². The lowest BCUT2D eigenvalue weighted by Crippen LogP contribution is -2.52. The van der Waals surface area contributed by atoms with Gasteiger partial charge in [-0.2, -0.15) is 35.1 Å². The van der Waals surface area contributed by atoms with Crippen molar-refractivity contribution in [3.63, 3.8) is 0 Å². The number of aromatic nitrogens is 3. The van der Waals surface area contributed by atoms with Crippen LogP contribution in [0.25, 0.3) is 0 Å². The minimum atomic E-state index is -6.25. The standard InChI is InChI=1S/C32H28ClF8N5O3/c1-18-14-20(15-45-28(31(36,37)38)43-27(44-45)30(34,35)32(39,40)41)12-13-23(18)46(26(48)24-21(25(42)47)10-7-11-22(24)33)29(2,3)17-49-16-19-8-5-4-6-9-19/h4-14H,15-17H2,1-3H3,(H2,42,47). The first-order chi connectivity index (χ1) is 22.6. The molecule has 0 fully saturated rings. The summed E-state index contributed by atoms with van der Waals surface area (Å²) in [5.74, 6) is -11.9. The van der Waals surface area contributed by atoms with Crippen LogP contribution in [0.1, 0.15) is 62.9 Å². The molecule has 0 saturated heterocycles. The van der Waals surface area contributed by atoms with E-state index in [-0.39, 0.29) is 50.9 Å². The van der Waals surface area contributed by atoms with Gasteiger partial charge in [-0.1, -0.05) is 60.1 Å². The minimum absolute atomic E-state index is 0.0142. The van der Waals surface area contributed by atoms with Gasteiger partial charge >= 0.3 is 18.3 Å². The average molecular weight is 718 g/mol. The number of hydrogen-bond acceptors (Lipinski definition) is 5. The van der Waals surface area contributed by atoms with Crippen LogP contribution in [-0.2, 0) is 30.0 Å². The number of hydrogen-bond donors (Lipinski definition) is 1. The molecule has 0 bridgehead atoms. The number of carbonyl (C=O) groups is 2. The topological polar surface area (TPSA) is 103 Å². The van der Waals surface area contributed by atoms with Gasteiger partial charge in [-0.15, -0.1) is 5.10 Å². The number of amides is 2. The third-order valence-electron chi connectivity index (χ3n) is 7.26. The maximum Gasteiger partial charge on any atom is 0.461 e. The number of alkyl halides is 8. The molecule has 0 atom stereocenters. The Morgan fingerprint density at radius 2 is 1.57 bits per heavy atom. The molecular weight excluding hydrogens is 690 g/mol. The predicted octanol–water partition coefficient (Wildman–Crippen LogP) is 7.70. The summed E-state index contributed by atoms with van der Waals surface area (Å²) in [4.78, 5) is 30.3. The fraction of sp³-hybridized carbons (Fsp3) is 0.312. The van der Waals surface area contributed by atoms with E-state index in [4.69, 9.17) is 22.1 Å². The van der Waals surface area contributed by atoms with Crippen LogP contribution in [-0.4, -0.2) is 44.9 Å². The molecule has 4 rings (SSSR count). The van der Waals surface area contributed by atoms with Gasteiger partial charge in [0, 0.05) is 5.69 Å². The predicted molar refractivity (Wildman–Crippen MR) is 162 cm³/mol. The molecule has 1 heterocycles. The number of primary amides is 1. The number of rotatable bonds is 11. The van der Waals surface area contributed by atoms with Crippen molar-refractivity contribution in [3.8, 4) is 0 Å².